The van der Waals surface area contributed by atoms with E-state index in [1.165, 1.54) is 30.3 Å². The van der Waals surface area contributed by atoms with Crippen LogP contribution in [-0.2, 0) is 6.54 Å². The number of carboxylic acid groups (broad SMARTS) is 1. The standard InChI is InChI=1S/C25H15ClF2N4O2.Na/c26-15-6-9-17-18(10-15)23(21-19(27)2-1-3-20(21)28)29-11-14-12-30-25(32-22(14)17)31-16-7-4-13(5-8-16)24(33)34;/h1-10,12H,11H2,(H,33,34)(H,30,31,32);/q;+1/p-1. The maximum absolute atomic E-state index is 14.6. The van der Waals surface area contributed by atoms with Gasteiger partial charge in [-0.2, -0.15) is 0 Å². The number of carbonyl (C=O) groups is 1. The minimum Gasteiger partial charge on any atom is -0.545 e. The van der Waals surface area contributed by atoms with Crippen LogP contribution in [0.1, 0.15) is 27.0 Å². The zero-order valence-electron chi connectivity index (χ0n) is 18.3. The average molecular weight is 499 g/mol. The molecule has 6 nitrogen and oxygen atoms in total. The molecule has 10 heteroatoms. The van der Waals surface area contributed by atoms with Crippen molar-refractivity contribution in [3.05, 3.63) is 106 Å². The van der Waals surface area contributed by atoms with Crippen LogP contribution in [0, 0.1) is 11.6 Å². The third kappa shape index (κ3) is 4.97. The van der Waals surface area contributed by atoms with Crippen LogP contribution in [0.2, 0.25) is 5.02 Å². The van der Waals surface area contributed by atoms with Crippen molar-refractivity contribution in [3.63, 3.8) is 0 Å². The third-order valence-corrected chi connectivity index (χ3v) is 5.58. The Hall–Kier alpha value is -3.17. The van der Waals surface area contributed by atoms with E-state index < -0.39 is 17.6 Å². The summed E-state index contributed by atoms with van der Waals surface area (Å²) in [5.74, 6) is -2.49. The molecule has 0 amide bonds. The summed E-state index contributed by atoms with van der Waals surface area (Å²) in [7, 11) is 0. The first-order valence-corrected chi connectivity index (χ1v) is 10.5. The van der Waals surface area contributed by atoms with E-state index in [0.29, 0.717) is 33.1 Å². The van der Waals surface area contributed by atoms with Gasteiger partial charge in [0.05, 0.1) is 29.5 Å². The molecule has 1 N–H and O–H groups in total. The summed E-state index contributed by atoms with van der Waals surface area (Å²) in [6.45, 7) is 0.103. The van der Waals surface area contributed by atoms with Crippen LogP contribution in [0.15, 0.2) is 71.9 Å². The average Bonchev–Trinajstić information content (AvgIpc) is 2.96. The minimum absolute atomic E-state index is 0. The van der Waals surface area contributed by atoms with Gasteiger partial charge in [-0.1, -0.05) is 35.9 Å². The molecule has 168 valence electrons. The fourth-order valence-electron chi connectivity index (χ4n) is 3.74. The van der Waals surface area contributed by atoms with Gasteiger partial charge in [0, 0.05) is 33.6 Å². The van der Waals surface area contributed by atoms with Gasteiger partial charge in [0.15, 0.2) is 0 Å². The smallest absolute Gasteiger partial charge is 0.545 e. The van der Waals surface area contributed by atoms with Gasteiger partial charge in [0.25, 0.3) is 0 Å². The zero-order valence-corrected chi connectivity index (χ0v) is 21.1. The Morgan fingerprint density at radius 2 is 1.71 bits per heavy atom. The molecular formula is C25H14ClF2N4NaO2. The SMILES string of the molecule is O=C([O-])c1ccc(Nc2ncc3c(n2)-c2ccc(Cl)cc2C(c2c(F)cccc2F)=NC3)cc1.[Na+]. The number of aliphatic imine (C=N–C) groups is 1. The number of benzene rings is 3. The second-order valence-corrected chi connectivity index (χ2v) is 7.95. The Balaban J connectivity index is 0.00000289. The predicted molar refractivity (Wildman–Crippen MR) is 122 cm³/mol. The Kier molecular flexibility index (Phi) is 7.28. The summed E-state index contributed by atoms with van der Waals surface area (Å²) in [6, 6.07) is 14.6. The second-order valence-electron chi connectivity index (χ2n) is 7.51. The first-order chi connectivity index (χ1) is 16.4. The molecule has 1 aromatic heterocycles. The summed E-state index contributed by atoms with van der Waals surface area (Å²) in [5.41, 5.74) is 2.74. The van der Waals surface area contributed by atoms with Gasteiger partial charge in [-0.15, -0.1) is 0 Å². The molecule has 0 bridgehead atoms. The van der Waals surface area contributed by atoms with E-state index in [9.17, 15) is 18.7 Å². The molecule has 5 rings (SSSR count). The van der Waals surface area contributed by atoms with Crippen LogP contribution in [0.3, 0.4) is 0 Å². The molecule has 1 aliphatic rings. The number of hydrogen-bond acceptors (Lipinski definition) is 6. The number of aromatic carboxylic acids is 1. The number of carboxylic acids is 1. The predicted octanol–water partition coefficient (Wildman–Crippen LogP) is 1.54. The van der Waals surface area contributed by atoms with Crippen LogP contribution in [0.4, 0.5) is 20.4 Å². The van der Waals surface area contributed by atoms with Crippen LogP contribution in [0.25, 0.3) is 11.3 Å². The molecule has 0 radical (unpaired) electrons. The fraction of sp³-hybridized carbons (Fsp3) is 0.0400. The molecule has 0 spiro atoms. The van der Waals surface area contributed by atoms with E-state index in [1.807, 2.05) is 0 Å². The fourth-order valence-corrected chi connectivity index (χ4v) is 3.91. The Morgan fingerprint density at radius 1 is 1.00 bits per heavy atom. The number of rotatable bonds is 4. The molecule has 0 fully saturated rings. The number of anilines is 2. The van der Waals surface area contributed by atoms with E-state index in [-0.39, 0.29) is 58.9 Å². The Labute approximate surface area is 226 Å². The third-order valence-electron chi connectivity index (χ3n) is 5.34. The number of nitrogens with one attached hydrogen (secondary N) is 1. The van der Waals surface area contributed by atoms with E-state index in [2.05, 4.69) is 20.3 Å². The van der Waals surface area contributed by atoms with Crippen LogP contribution in [-0.4, -0.2) is 21.6 Å². The van der Waals surface area contributed by atoms with Crippen molar-refractivity contribution in [2.45, 2.75) is 6.54 Å². The number of carbonyl (C=O) groups excluding carboxylic acids is 1. The molecule has 3 aromatic carbocycles. The topological polar surface area (TPSA) is 90.3 Å². The van der Waals surface area contributed by atoms with Gasteiger partial charge in [0.2, 0.25) is 5.95 Å². The van der Waals surface area contributed by atoms with E-state index >= 15 is 0 Å². The number of halogens is 3. The quantitative estimate of drug-likeness (QED) is 0.431. The molecular weight excluding hydrogens is 485 g/mol. The summed E-state index contributed by atoms with van der Waals surface area (Å²) in [5, 5.41) is 14.4. The maximum atomic E-state index is 14.6. The van der Waals surface area contributed by atoms with E-state index in [0.717, 1.165) is 0 Å². The van der Waals surface area contributed by atoms with Crippen LogP contribution < -0.4 is 40.0 Å². The van der Waals surface area contributed by atoms with Gasteiger partial charge in [-0.3, -0.25) is 4.99 Å². The molecule has 4 aromatic rings. The summed E-state index contributed by atoms with van der Waals surface area (Å²) < 4.78 is 29.3. The number of aromatic nitrogens is 2. The summed E-state index contributed by atoms with van der Waals surface area (Å²) in [6.07, 6.45) is 1.59. The van der Waals surface area contributed by atoms with Crippen molar-refractivity contribution in [2.75, 3.05) is 5.32 Å². The number of fused-ring (bicyclic) bond motifs is 3. The molecule has 0 saturated carbocycles. The molecule has 2 heterocycles. The Morgan fingerprint density at radius 3 is 2.40 bits per heavy atom. The van der Waals surface area contributed by atoms with Crippen molar-refractivity contribution < 1.29 is 48.2 Å². The van der Waals surface area contributed by atoms with Crippen molar-refractivity contribution >= 4 is 34.9 Å². The van der Waals surface area contributed by atoms with Crippen molar-refractivity contribution in [3.8, 4) is 11.3 Å². The first-order valence-electron chi connectivity index (χ1n) is 10.1. The van der Waals surface area contributed by atoms with Crippen LogP contribution >= 0.6 is 11.6 Å². The molecule has 0 aliphatic carbocycles. The van der Waals surface area contributed by atoms with Gasteiger partial charge >= 0.3 is 29.6 Å². The zero-order chi connectivity index (χ0) is 23.8. The van der Waals surface area contributed by atoms with Crippen LogP contribution in [0.5, 0.6) is 0 Å². The van der Waals surface area contributed by atoms with Gasteiger partial charge in [0.1, 0.15) is 11.6 Å². The Bertz CT molecular complexity index is 1460. The molecule has 0 unspecified atom stereocenters. The maximum Gasteiger partial charge on any atom is 1.00 e. The molecule has 0 saturated heterocycles. The molecule has 35 heavy (non-hydrogen) atoms. The summed E-state index contributed by atoms with van der Waals surface area (Å²) in [4.78, 5) is 24.4. The van der Waals surface area contributed by atoms with Crippen molar-refractivity contribution in [1.82, 2.24) is 9.97 Å². The minimum atomic E-state index is -1.27. The summed E-state index contributed by atoms with van der Waals surface area (Å²) >= 11 is 6.23. The largest absolute Gasteiger partial charge is 1.00 e. The number of hydrogen-bond donors (Lipinski definition) is 1. The van der Waals surface area contributed by atoms with E-state index in [4.69, 9.17) is 11.6 Å². The normalized spacial score (nSPS) is 11.9. The molecule has 1 aliphatic heterocycles. The number of nitrogens with zero attached hydrogens (tertiary/aromatic N) is 3. The van der Waals surface area contributed by atoms with Crippen molar-refractivity contribution in [1.29, 1.82) is 0 Å². The van der Waals surface area contributed by atoms with Gasteiger partial charge in [-0.05, 0) is 42.0 Å². The monoisotopic (exact) mass is 498 g/mol. The van der Waals surface area contributed by atoms with E-state index in [1.54, 1.807) is 36.5 Å². The first kappa shape index (κ1) is 24.9. The van der Waals surface area contributed by atoms with Crippen molar-refractivity contribution in [2.24, 2.45) is 4.99 Å². The second kappa shape index (κ2) is 10.2. The van der Waals surface area contributed by atoms with Gasteiger partial charge < -0.3 is 15.2 Å². The van der Waals surface area contributed by atoms with Gasteiger partial charge in [-0.25, -0.2) is 18.7 Å². The molecule has 0 atom stereocenters.